The van der Waals surface area contributed by atoms with Crippen molar-refractivity contribution in [3.05, 3.63) is 30.1 Å². The molecule has 0 bridgehead atoms. The summed E-state index contributed by atoms with van der Waals surface area (Å²) in [5.74, 6) is 3.88. The first kappa shape index (κ1) is 20.5. The molecule has 25 heavy (non-hydrogen) atoms. The Morgan fingerprint density at radius 3 is 2.48 bits per heavy atom. The maximum atomic E-state index is 4.57. The number of halogens is 1. The highest BCUT2D eigenvalue weighted by molar-refractivity contribution is 14.0. The maximum absolute atomic E-state index is 4.57. The van der Waals surface area contributed by atoms with Crippen molar-refractivity contribution in [2.75, 3.05) is 26.7 Å². The molecule has 2 fully saturated rings. The first-order chi connectivity index (χ1) is 11.7. The summed E-state index contributed by atoms with van der Waals surface area (Å²) in [6, 6.07) is 4.22. The number of nitrogens with one attached hydrogen (secondary N) is 1. The van der Waals surface area contributed by atoms with Crippen LogP contribution < -0.4 is 5.32 Å². The third-order valence-corrected chi connectivity index (χ3v) is 5.89. The van der Waals surface area contributed by atoms with Gasteiger partial charge in [0.25, 0.3) is 0 Å². The maximum Gasteiger partial charge on any atom is 0.193 e. The molecule has 2 aliphatic rings. The van der Waals surface area contributed by atoms with Crippen molar-refractivity contribution < 1.29 is 0 Å². The number of likely N-dealkylation sites (tertiary alicyclic amines) is 1. The van der Waals surface area contributed by atoms with Gasteiger partial charge in [-0.3, -0.25) is 9.98 Å². The van der Waals surface area contributed by atoms with E-state index in [0.717, 1.165) is 24.3 Å². The SMILES string of the molecule is CN=C(NCC(c1cccnc1)C(C)C)N1CC2CCCCC2C1.I. The van der Waals surface area contributed by atoms with Crippen LogP contribution in [-0.2, 0) is 0 Å². The van der Waals surface area contributed by atoms with Gasteiger partial charge in [0.2, 0.25) is 0 Å². The molecule has 1 saturated heterocycles. The van der Waals surface area contributed by atoms with E-state index in [1.807, 2.05) is 25.5 Å². The predicted molar refractivity (Wildman–Crippen MR) is 116 cm³/mol. The molecule has 1 aromatic rings. The van der Waals surface area contributed by atoms with E-state index in [1.165, 1.54) is 44.3 Å². The first-order valence-corrected chi connectivity index (χ1v) is 9.54. The zero-order chi connectivity index (χ0) is 16.9. The van der Waals surface area contributed by atoms with Crippen LogP contribution in [0, 0.1) is 17.8 Å². The van der Waals surface area contributed by atoms with Crippen LogP contribution in [0.3, 0.4) is 0 Å². The van der Waals surface area contributed by atoms with Crippen LogP contribution in [0.1, 0.15) is 51.0 Å². The molecule has 1 saturated carbocycles. The molecule has 0 spiro atoms. The van der Waals surface area contributed by atoms with E-state index in [2.05, 4.69) is 40.1 Å². The van der Waals surface area contributed by atoms with Crippen LogP contribution in [-0.4, -0.2) is 42.5 Å². The number of pyridine rings is 1. The Morgan fingerprint density at radius 1 is 1.28 bits per heavy atom. The fourth-order valence-electron chi connectivity index (χ4n) is 4.45. The fraction of sp³-hybridized carbons (Fsp3) is 0.700. The largest absolute Gasteiger partial charge is 0.356 e. The van der Waals surface area contributed by atoms with Crippen LogP contribution in [0.25, 0.3) is 0 Å². The van der Waals surface area contributed by atoms with Gasteiger partial charge in [-0.2, -0.15) is 0 Å². The Balaban J connectivity index is 0.00000225. The smallest absolute Gasteiger partial charge is 0.193 e. The molecule has 0 radical (unpaired) electrons. The standard InChI is InChI=1S/C20H32N4.HI/c1-15(2)19(16-9-6-10-22-11-16)12-23-20(21-3)24-13-17-7-4-5-8-18(17)14-24;/h6,9-11,15,17-19H,4-5,7-8,12-14H2,1-3H3,(H,21,23);1H. The minimum atomic E-state index is 0. The van der Waals surface area contributed by atoms with Crippen LogP contribution in [0.15, 0.2) is 29.5 Å². The summed E-state index contributed by atoms with van der Waals surface area (Å²) >= 11 is 0. The lowest BCUT2D eigenvalue weighted by atomic mass is 9.82. The molecular weight excluding hydrogens is 423 g/mol. The second-order valence-corrected chi connectivity index (χ2v) is 7.77. The van der Waals surface area contributed by atoms with E-state index in [9.17, 15) is 0 Å². The van der Waals surface area contributed by atoms with Crippen LogP contribution in [0.4, 0.5) is 0 Å². The van der Waals surface area contributed by atoms with E-state index in [4.69, 9.17) is 0 Å². The number of guanidine groups is 1. The van der Waals surface area contributed by atoms with Crippen molar-refractivity contribution >= 4 is 29.9 Å². The van der Waals surface area contributed by atoms with Gasteiger partial charge in [0.1, 0.15) is 0 Å². The van der Waals surface area contributed by atoms with E-state index >= 15 is 0 Å². The summed E-state index contributed by atoms with van der Waals surface area (Å²) in [6.45, 7) is 7.86. The van der Waals surface area contributed by atoms with Crippen molar-refractivity contribution in [2.24, 2.45) is 22.7 Å². The van der Waals surface area contributed by atoms with Gasteiger partial charge in [-0.1, -0.05) is 32.8 Å². The van der Waals surface area contributed by atoms with E-state index in [0.29, 0.717) is 11.8 Å². The second kappa shape index (κ2) is 9.74. The van der Waals surface area contributed by atoms with Crippen molar-refractivity contribution in [2.45, 2.75) is 45.4 Å². The Morgan fingerprint density at radius 2 is 1.96 bits per heavy atom. The highest BCUT2D eigenvalue weighted by Gasteiger charge is 2.35. The fourth-order valence-corrected chi connectivity index (χ4v) is 4.45. The van der Waals surface area contributed by atoms with E-state index in [-0.39, 0.29) is 24.0 Å². The number of aliphatic imine (C=N–C) groups is 1. The molecule has 1 aliphatic heterocycles. The Hall–Kier alpha value is -0.850. The predicted octanol–water partition coefficient (Wildman–Crippen LogP) is 4.14. The van der Waals surface area contributed by atoms with Crippen molar-refractivity contribution in [1.82, 2.24) is 15.2 Å². The molecule has 3 unspecified atom stereocenters. The molecule has 1 aliphatic carbocycles. The molecule has 1 aromatic heterocycles. The van der Waals surface area contributed by atoms with E-state index < -0.39 is 0 Å². The minimum absolute atomic E-state index is 0. The molecule has 3 atom stereocenters. The summed E-state index contributed by atoms with van der Waals surface area (Å²) in [7, 11) is 1.92. The lowest BCUT2D eigenvalue weighted by Gasteiger charge is -2.26. The van der Waals surface area contributed by atoms with Gasteiger partial charge in [0, 0.05) is 45.0 Å². The molecule has 1 N–H and O–H groups in total. The summed E-state index contributed by atoms with van der Waals surface area (Å²) in [6.07, 6.45) is 9.48. The van der Waals surface area contributed by atoms with E-state index in [1.54, 1.807) is 0 Å². The quantitative estimate of drug-likeness (QED) is 0.421. The summed E-state index contributed by atoms with van der Waals surface area (Å²) in [5.41, 5.74) is 1.31. The van der Waals surface area contributed by atoms with Crippen LogP contribution >= 0.6 is 24.0 Å². The Labute approximate surface area is 169 Å². The Kier molecular flexibility index (Phi) is 7.97. The molecular formula is C20H33IN4. The van der Waals surface area contributed by atoms with Crippen LogP contribution in [0.2, 0.25) is 0 Å². The third kappa shape index (κ3) is 5.08. The highest BCUT2D eigenvalue weighted by atomic mass is 127. The third-order valence-electron chi connectivity index (χ3n) is 5.89. The number of nitrogens with zero attached hydrogens (tertiary/aromatic N) is 3. The van der Waals surface area contributed by atoms with Gasteiger partial charge >= 0.3 is 0 Å². The topological polar surface area (TPSA) is 40.5 Å². The lowest BCUT2D eigenvalue weighted by molar-refractivity contribution is 0.299. The average Bonchev–Trinajstić information content (AvgIpc) is 3.03. The number of aromatic nitrogens is 1. The molecule has 4 nitrogen and oxygen atoms in total. The average molecular weight is 456 g/mol. The van der Waals surface area contributed by atoms with Gasteiger partial charge in [-0.25, -0.2) is 0 Å². The zero-order valence-corrected chi connectivity index (χ0v) is 18.1. The lowest BCUT2D eigenvalue weighted by Crippen LogP contribution is -2.42. The van der Waals surface area contributed by atoms with Gasteiger partial charge in [0.15, 0.2) is 5.96 Å². The molecule has 3 rings (SSSR count). The van der Waals surface area contributed by atoms with Crippen LogP contribution in [0.5, 0.6) is 0 Å². The van der Waals surface area contributed by atoms with Gasteiger partial charge in [-0.15, -0.1) is 24.0 Å². The summed E-state index contributed by atoms with van der Waals surface area (Å²) < 4.78 is 0. The normalized spacial score (nSPS) is 24.6. The van der Waals surface area contributed by atoms with Gasteiger partial charge < -0.3 is 10.2 Å². The molecule has 0 aromatic carbocycles. The molecule has 140 valence electrons. The molecule has 2 heterocycles. The number of hydrogen-bond donors (Lipinski definition) is 1. The monoisotopic (exact) mass is 456 g/mol. The Bertz CT molecular complexity index is 532. The first-order valence-electron chi connectivity index (χ1n) is 9.54. The highest BCUT2D eigenvalue weighted by Crippen LogP contribution is 2.36. The van der Waals surface area contributed by atoms with Crippen molar-refractivity contribution in [3.8, 4) is 0 Å². The van der Waals surface area contributed by atoms with Gasteiger partial charge in [0.05, 0.1) is 0 Å². The number of rotatable bonds is 4. The summed E-state index contributed by atoms with van der Waals surface area (Å²) in [5, 5.41) is 3.65. The zero-order valence-electron chi connectivity index (χ0n) is 15.8. The van der Waals surface area contributed by atoms with Gasteiger partial charge in [-0.05, 0) is 42.2 Å². The molecule has 0 amide bonds. The number of fused-ring (bicyclic) bond motifs is 1. The summed E-state index contributed by atoms with van der Waals surface area (Å²) in [4.78, 5) is 11.3. The van der Waals surface area contributed by atoms with Crippen molar-refractivity contribution in [1.29, 1.82) is 0 Å². The molecule has 5 heteroatoms. The second-order valence-electron chi connectivity index (χ2n) is 7.77. The van der Waals surface area contributed by atoms with Crippen molar-refractivity contribution in [3.63, 3.8) is 0 Å². The minimum Gasteiger partial charge on any atom is -0.356 e. The number of hydrogen-bond acceptors (Lipinski definition) is 2.